The zero-order chi connectivity index (χ0) is 16.0. The Morgan fingerprint density at radius 1 is 1.13 bits per heavy atom. The lowest BCUT2D eigenvalue weighted by Crippen LogP contribution is -2.43. The van der Waals surface area contributed by atoms with Crippen molar-refractivity contribution in [1.82, 2.24) is 5.32 Å². The highest BCUT2D eigenvalue weighted by Gasteiger charge is 2.55. The molecule has 7 nitrogen and oxygen atoms in total. The van der Waals surface area contributed by atoms with Gasteiger partial charge in [-0.2, -0.15) is 0 Å². The topological polar surface area (TPSA) is 94.1 Å². The fourth-order valence-corrected chi connectivity index (χ4v) is 3.68. The molecule has 2 N–H and O–H groups in total. The maximum absolute atomic E-state index is 12.4. The molecule has 0 spiro atoms. The molecule has 3 aliphatic heterocycles. The highest BCUT2D eigenvalue weighted by molar-refractivity contribution is 5.86. The van der Waals surface area contributed by atoms with Crippen molar-refractivity contribution in [3.8, 4) is 11.5 Å². The Balaban J connectivity index is 1.43. The van der Waals surface area contributed by atoms with Crippen LogP contribution in [0.4, 0.5) is 0 Å². The number of benzene rings is 1. The van der Waals surface area contributed by atoms with Gasteiger partial charge in [0.25, 0.3) is 0 Å². The monoisotopic (exact) mass is 319 g/mol. The molecule has 0 aromatic heterocycles. The fraction of sp³-hybridized carbons (Fsp3) is 0.500. The van der Waals surface area contributed by atoms with Crippen LogP contribution in [0.15, 0.2) is 18.2 Å². The zero-order valence-electron chi connectivity index (χ0n) is 12.4. The third-order valence-electron chi connectivity index (χ3n) is 4.76. The van der Waals surface area contributed by atoms with E-state index in [2.05, 4.69) is 5.32 Å². The van der Waals surface area contributed by atoms with Gasteiger partial charge in [0, 0.05) is 6.54 Å². The first-order valence-corrected chi connectivity index (χ1v) is 7.68. The Bertz CT molecular complexity index is 660. The number of hydrogen-bond donors (Lipinski definition) is 2. The summed E-state index contributed by atoms with van der Waals surface area (Å²) in [5, 5.41) is 12.2. The number of carboxylic acids is 1. The Kier molecular flexibility index (Phi) is 3.37. The van der Waals surface area contributed by atoms with E-state index in [0.717, 1.165) is 12.0 Å². The van der Waals surface area contributed by atoms with Gasteiger partial charge in [-0.1, -0.05) is 6.07 Å². The summed E-state index contributed by atoms with van der Waals surface area (Å²) in [5.41, 5.74) is 0.874. The summed E-state index contributed by atoms with van der Waals surface area (Å²) in [7, 11) is 0. The number of hydrogen-bond acceptors (Lipinski definition) is 5. The number of aliphatic carboxylic acids is 1. The molecular weight excluding hydrogens is 302 g/mol. The lowest BCUT2D eigenvalue weighted by molar-refractivity contribution is -0.147. The second-order valence-corrected chi connectivity index (χ2v) is 6.09. The summed E-state index contributed by atoms with van der Waals surface area (Å²) < 4.78 is 16.2. The fourth-order valence-electron chi connectivity index (χ4n) is 3.68. The Morgan fingerprint density at radius 3 is 2.65 bits per heavy atom. The molecule has 2 fully saturated rings. The van der Waals surface area contributed by atoms with Gasteiger partial charge in [0.15, 0.2) is 11.5 Å². The van der Waals surface area contributed by atoms with Crippen molar-refractivity contribution in [2.24, 2.45) is 11.8 Å². The van der Waals surface area contributed by atoms with E-state index in [9.17, 15) is 14.7 Å². The minimum Gasteiger partial charge on any atom is -0.481 e. The molecule has 2 bridgehead atoms. The van der Waals surface area contributed by atoms with Crippen LogP contribution >= 0.6 is 0 Å². The first kappa shape index (κ1) is 14.3. The summed E-state index contributed by atoms with van der Waals surface area (Å²) in [6.45, 7) is 0.517. The average molecular weight is 319 g/mol. The van der Waals surface area contributed by atoms with E-state index in [1.165, 1.54) is 0 Å². The van der Waals surface area contributed by atoms with Gasteiger partial charge in [0.2, 0.25) is 12.7 Å². The molecular formula is C16H17NO6. The van der Waals surface area contributed by atoms with E-state index >= 15 is 0 Å². The number of nitrogens with one attached hydrogen (secondary N) is 1. The molecule has 2 saturated heterocycles. The molecule has 0 radical (unpaired) electrons. The highest BCUT2D eigenvalue weighted by atomic mass is 16.7. The van der Waals surface area contributed by atoms with Crippen LogP contribution in [0, 0.1) is 11.8 Å². The highest BCUT2D eigenvalue weighted by Crippen LogP contribution is 2.43. The van der Waals surface area contributed by atoms with Crippen LogP contribution < -0.4 is 14.8 Å². The minimum atomic E-state index is -0.958. The lowest BCUT2D eigenvalue weighted by atomic mass is 9.78. The van der Waals surface area contributed by atoms with E-state index in [-0.39, 0.29) is 24.9 Å². The molecule has 3 aliphatic rings. The SMILES string of the molecule is O=C(O)C1C2CCC(O2)C1C(=O)NCc1ccc2c(c1)OCO2. The van der Waals surface area contributed by atoms with Crippen molar-refractivity contribution < 1.29 is 28.9 Å². The maximum atomic E-state index is 12.4. The molecule has 4 atom stereocenters. The van der Waals surface area contributed by atoms with Gasteiger partial charge in [-0.25, -0.2) is 0 Å². The van der Waals surface area contributed by atoms with Crippen LogP contribution in [-0.2, 0) is 20.9 Å². The smallest absolute Gasteiger partial charge is 0.310 e. The van der Waals surface area contributed by atoms with Crippen LogP contribution in [0.25, 0.3) is 0 Å². The Morgan fingerprint density at radius 2 is 1.87 bits per heavy atom. The van der Waals surface area contributed by atoms with Gasteiger partial charge in [-0.05, 0) is 30.5 Å². The van der Waals surface area contributed by atoms with Crippen molar-refractivity contribution >= 4 is 11.9 Å². The van der Waals surface area contributed by atoms with E-state index in [0.29, 0.717) is 24.5 Å². The lowest BCUT2D eigenvalue weighted by Gasteiger charge is -2.23. The van der Waals surface area contributed by atoms with Gasteiger partial charge >= 0.3 is 5.97 Å². The number of rotatable bonds is 4. The quantitative estimate of drug-likeness (QED) is 0.857. The average Bonchev–Trinajstić information content (AvgIpc) is 3.25. The normalized spacial score (nSPS) is 30.4. The number of ether oxygens (including phenoxy) is 3. The van der Waals surface area contributed by atoms with Crippen molar-refractivity contribution in [3.05, 3.63) is 23.8 Å². The van der Waals surface area contributed by atoms with E-state index < -0.39 is 17.8 Å². The summed E-state index contributed by atoms with van der Waals surface area (Å²) in [4.78, 5) is 23.9. The second kappa shape index (κ2) is 5.42. The van der Waals surface area contributed by atoms with Crippen molar-refractivity contribution in [1.29, 1.82) is 0 Å². The molecule has 1 aromatic rings. The Labute approximate surface area is 132 Å². The van der Waals surface area contributed by atoms with E-state index in [4.69, 9.17) is 14.2 Å². The predicted molar refractivity (Wildman–Crippen MR) is 76.9 cm³/mol. The molecule has 0 saturated carbocycles. The number of carbonyl (C=O) groups is 2. The zero-order valence-corrected chi connectivity index (χ0v) is 12.4. The third kappa shape index (κ3) is 2.41. The predicted octanol–water partition coefficient (Wildman–Crippen LogP) is 0.910. The van der Waals surface area contributed by atoms with E-state index in [1.54, 1.807) is 6.07 Å². The number of carbonyl (C=O) groups excluding carboxylic acids is 1. The van der Waals surface area contributed by atoms with Crippen molar-refractivity contribution in [3.63, 3.8) is 0 Å². The van der Waals surface area contributed by atoms with Crippen LogP contribution in [0.5, 0.6) is 11.5 Å². The molecule has 0 aliphatic carbocycles. The van der Waals surface area contributed by atoms with Crippen LogP contribution in [0.3, 0.4) is 0 Å². The molecule has 1 aromatic carbocycles. The second-order valence-electron chi connectivity index (χ2n) is 6.09. The van der Waals surface area contributed by atoms with Crippen LogP contribution in [0.2, 0.25) is 0 Å². The molecule has 122 valence electrons. The van der Waals surface area contributed by atoms with Crippen LogP contribution in [0.1, 0.15) is 18.4 Å². The standard InChI is InChI=1S/C16H17NO6/c18-15(13-10-3-4-11(23-10)14(13)16(19)20)17-6-8-1-2-9-12(5-8)22-7-21-9/h1-2,5,10-11,13-14H,3-4,6-7H2,(H,17,18)(H,19,20). The largest absolute Gasteiger partial charge is 0.481 e. The minimum absolute atomic E-state index is 0.202. The summed E-state index contributed by atoms with van der Waals surface area (Å²) in [6.07, 6.45) is 0.848. The maximum Gasteiger partial charge on any atom is 0.310 e. The van der Waals surface area contributed by atoms with Gasteiger partial charge in [-0.15, -0.1) is 0 Å². The number of fused-ring (bicyclic) bond motifs is 3. The summed E-state index contributed by atoms with van der Waals surface area (Å²) >= 11 is 0. The van der Waals surface area contributed by atoms with Gasteiger partial charge in [0.05, 0.1) is 24.0 Å². The first-order chi connectivity index (χ1) is 11.1. The first-order valence-electron chi connectivity index (χ1n) is 7.68. The number of carboxylic acid groups (broad SMARTS) is 1. The molecule has 4 rings (SSSR count). The molecule has 23 heavy (non-hydrogen) atoms. The van der Waals surface area contributed by atoms with Crippen molar-refractivity contribution in [2.75, 3.05) is 6.79 Å². The summed E-state index contributed by atoms with van der Waals surface area (Å²) in [5.74, 6) is -1.23. The number of amides is 1. The molecule has 1 amide bonds. The van der Waals surface area contributed by atoms with Gasteiger partial charge in [0.1, 0.15) is 0 Å². The molecule has 7 heteroatoms. The molecule has 4 unspecified atom stereocenters. The van der Waals surface area contributed by atoms with Gasteiger partial charge in [-0.3, -0.25) is 9.59 Å². The van der Waals surface area contributed by atoms with Crippen LogP contribution in [-0.4, -0.2) is 36.0 Å². The third-order valence-corrected chi connectivity index (χ3v) is 4.76. The van der Waals surface area contributed by atoms with Crippen molar-refractivity contribution in [2.45, 2.75) is 31.6 Å². The Hall–Kier alpha value is -2.28. The van der Waals surface area contributed by atoms with Gasteiger partial charge < -0.3 is 24.6 Å². The van der Waals surface area contributed by atoms with E-state index in [1.807, 2.05) is 12.1 Å². The molecule has 3 heterocycles. The summed E-state index contributed by atoms with van der Waals surface area (Å²) in [6, 6.07) is 5.46.